The molecule has 0 bridgehead atoms. The summed E-state index contributed by atoms with van der Waals surface area (Å²) >= 11 is 0. The Morgan fingerprint density at radius 3 is 2.60 bits per heavy atom. The molecule has 4 nitrogen and oxygen atoms in total. The van der Waals surface area contributed by atoms with Gasteiger partial charge in [0, 0.05) is 19.3 Å². The second-order valence-corrected chi connectivity index (χ2v) is 5.75. The van der Waals surface area contributed by atoms with Gasteiger partial charge in [0.05, 0.1) is 6.04 Å². The summed E-state index contributed by atoms with van der Waals surface area (Å²) < 4.78 is 4.94. The fourth-order valence-electron chi connectivity index (χ4n) is 1.97. The minimum absolute atomic E-state index is 0.111. The smallest absolute Gasteiger partial charge is 0.237 e. The van der Waals surface area contributed by atoms with Crippen LogP contribution in [0.5, 0.6) is 0 Å². The van der Waals surface area contributed by atoms with Crippen LogP contribution in [0.25, 0.3) is 0 Å². The van der Waals surface area contributed by atoms with Crippen molar-refractivity contribution in [2.24, 2.45) is 5.73 Å². The van der Waals surface area contributed by atoms with Crippen molar-refractivity contribution in [3.8, 4) is 0 Å². The summed E-state index contributed by atoms with van der Waals surface area (Å²) in [6.45, 7) is 4.55. The van der Waals surface area contributed by atoms with E-state index in [-0.39, 0.29) is 11.4 Å². The molecule has 20 heavy (non-hydrogen) atoms. The molecule has 0 spiro atoms. The topological polar surface area (TPSA) is 64.3 Å². The molecule has 1 aromatic carbocycles. The zero-order valence-electron chi connectivity index (χ0n) is 12.7. The molecule has 1 amide bonds. The minimum atomic E-state index is -0.508. The first-order chi connectivity index (χ1) is 9.44. The van der Waals surface area contributed by atoms with Gasteiger partial charge in [-0.25, -0.2) is 0 Å². The summed E-state index contributed by atoms with van der Waals surface area (Å²) in [5.74, 6) is -0.111. The maximum Gasteiger partial charge on any atom is 0.237 e. The zero-order chi connectivity index (χ0) is 15.0. The van der Waals surface area contributed by atoms with E-state index in [4.69, 9.17) is 10.5 Å². The van der Waals surface area contributed by atoms with Gasteiger partial charge >= 0.3 is 0 Å². The van der Waals surface area contributed by atoms with Crippen molar-refractivity contribution >= 4 is 5.91 Å². The Labute approximate surface area is 121 Å². The molecule has 0 fully saturated rings. The van der Waals surface area contributed by atoms with Gasteiger partial charge in [0.1, 0.15) is 0 Å². The summed E-state index contributed by atoms with van der Waals surface area (Å²) in [4.78, 5) is 12.0. The molecule has 1 rings (SSSR count). The Bertz CT molecular complexity index is 404. The molecule has 0 aromatic heterocycles. The van der Waals surface area contributed by atoms with Crippen molar-refractivity contribution in [1.29, 1.82) is 0 Å². The molecule has 0 aliphatic carbocycles. The van der Waals surface area contributed by atoms with Gasteiger partial charge in [0.25, 0.3) is 0 Å². The number of rotatable bonds is 8. The number of nitrogens with one attached hydrogen (secondary N) is 1. The highest BCUT2D eigenvalue weighted by Gasteiger charge is 2.23. The molecule has 0 heterocycles. The highest BCUT2D eigenvalue weighted by atomic mass is 16.5. The first-order valence-corrected chi connectivity index (χ1v) is 7.05. The summed E-state index contributed by atoms with van der Waals surface area (Å²) in [7, 11) is 1.61. The maximum absolute atomic E-state index is 12.0. The van der Waals surface area contributed by atoms with Crippen molar-refractivity contribution in [3.05, 3.63) is 35.9 Å². The first kappa shape index (κ1) is 16.7. The zero-order valence-corrected chi connectivity index (χ0v) is 12.7. The van der Waals surface area contributed by atoms with Crippen molar-refractivity contribution in [3.63, 3.8) is 0 Å². The lowest BCUT2D eigenvalue weighted by Gasteiger charge is -2.28. The van der Waals surface area contributed by atoms with Crippen LogP contribution in [0.2, 0.25) is 0 Å². The van der Waals surface area contributed by atoms with E-state index >= 15 is 0 Å². The van der Waals surface area contributed by atoms with Gasteiger partial charge in [-0.15, -0.1) is 0 Å². The van der Waals surface area contributed by atoms with E-state index in [1.165, 1.54) is 5.56 Å². The Morgan fingerprint density at radius 2 is 2.00 bits per heavy atom. The van der Waals surface area contributed by atoms with Gasteiger partial charge < -0.3 is 15.8 Å². The quantitative estimate of drug-likeness (QED) is 0.763. The molecular formula is C16H26N2O2. The standard InChI is InChI=1S/C16H26N2O2/c1-16(2,11-9-13-7-5-4-6-8-13)18-15(19)14(17)10-12-20-3/h4-8,14H,9-12,17H2,1-3H3,(H,18,19). The summed E-state index contributed by atoms with van der Waals surface area (Å²) in [6.07, 6.45) is 2.35. The first-order valence-electron chi connectivity index (χ1n) is 7.05. The Hall–Kier alpha value is -1.39. The van der Waals surface area contributed by atoms with Crippen LogP contribution < -0.4 is 11.1 Å². The molecule has 0 aliphatic rings. The molecule has 0 radical (unpaired) electrons. The van der Waals surface area contributed by atoms with Crippen molar-refractivity contribution in [2.45, 2.75) is 44.7 Å². The van der Waals surface area contributed by atoms with Crippen LogP contribution in [0, 0.1) is 0 Å². The Kier molecular flexibility index (Phi) is 6.68. The largest absolute Gasteiger partial charge is 0.385 e. The van der Waals surface area contributed by atoms with Gasteiger partial charge in [-0.1, -0.05) is 30.3 Å². The third-order valence-corrected chi connectivity index (χ3v) is 3.31. The lowest BCUT2D eigenvalue weighted by atomic mass is 9.94. The van der Waals surface area contributed by atoms with E-state index in [0.29, 0.717) is 13.0 Å². The number of carbonyl (C=O) groups excluding carboxylic acids is 1. The Morgan fingerprint density at radius 1 is 1.35 bits per heavy atom. The van der Waals surface area contributed by atoms with E-state index in [2.05, 4.69) is 17.4 Å². The molecule has 0 saturated carbocycles. The van der Waals surface area contributed by atoms with Gasteiger partial charge in [-0.05, 0) is 38.7 Å². The third kappa shape index (κ3) is 6.17. The van der Waals surface area contributed by atoms with E-state index in [1.807, 2.05) is 32.0 Å². The molecule has 1 aromatic rings. The number of methoxy groups -OCH3 is 1. The van der Waals surface area contributed by atoms with Crippen molar-refractivity contribution in [2.75, 3.05) is 13.7 Å². The fourth-order valence-corrected chi connectivity index (χ4v) is 1.97. The minimum Gasteiger partial charge on any atom is -0.385 e. The second kappa shape index (κ2) is 8.02. The number of benzene rings is 1. The van der Waals surface area contributed by atoms with E-state index in [0.717, 1.165) is 12.8 Å². The number of ether oxygens (including phenoxy) is 1. The highest BCUT2D eigenvalue weighted by Crippen LogP contribution is 2.13. The van der Waals surface area contributed by atoms with Crippen LogP contribution in [0.15, 0.2) is 30.3 Å². The molecule has 4 heteroatoms. The number of amides is 1. The SMILES string of the molecule is COCCC(N)C(=O)NC(C)(C)CCc1ccccc1. The van der Waals surface area contributed by atoms with E-state index < -0.39 is 6.04 Å². The maximum atomic E-state index is 12.0. The molecule has 3 N–H and O–H groups in total. The van der Waals surface area contributed by atoms with Crippen LogP contribution in [0.1, 0.15) is 32.3 Å². The summed E-state index contributed by atoms with van der Waals surface area (Å²) in [5, 5.41) is 3.02. The lowest BCUT2D eigenvalue weighted by molar-refractivity contribution is -0.124. The average molecular weight is 278 g/mol. The van der Waals surface area contributed by atoms with Crippen LogP contribution in [0.3, 0.4) is 0 Å². The monoisotopic (exact) mass is 278 g/mol. The number of hydrogen-bond donors (Lipinski definition) is 2. The Balaban J connectivity index is 2.42. The molecule has 1 atom stereocenters. The van der Waals surface area contributed by atoms with E-state index in [9.17, 15) is 4.79 Å². The number of nitrogens with two attached hydrogens (primary N) is 1. The molecular weight excluding hydrogens is 252 g/mol. The molecule has 112 valence electrons. The highest BCUT2D eigenvalue weighted by molar-refractivity contribution is 5.82. The fraction of sp³-hybridized carbons (Fsp3) is 0.562. The number of carbonyl (C=O) groups is 1. The number of aryl methyl sites for hydroxylation is 1. The van der Waals surface area contributed by atoms with Gasteiger partial charge in [-0.2, -0.15) is 0 Å². The second-order valence-electron chi connectivity index (χ2n) is 5.75. The van der Waals surface area contributed by atoms with Crippen molar-refractivity contribution < 1.29 is 9.53 Å². The van der Waals surface area contributed by atoms with Gasteiger partial charge in [0.2, 0.25) is 5.91 Å². The summed E-state index contributed by atoms with van der Waals surface area (Å²) in [6, 6.07) is 9.75. The predicted octanol–water partition coefficient (Wildman–Crippen LogP) is 1.88. The normalized spacial score (nSPS) is 13.0. The van der Waals surface area contributed by atoms with Gasteiger partial charge in [-0.3, -0.25) is 4.79 Å². The van der Waals surface area contributed by atoms with Crippen molar-refractivity contribution in [1.82, 2.24) is 5.32 Å². The van der Waals surface area contributed by atoms with Gasteiger partial charge in [0.15, 0.2) is 0 Å². The molecule has 1 unspecified atom stereocenters. The van der Waals surface area contributed by atoms with Crippen LogP contribution in [-0.2, 0) is 16.0 Å². The summed E-state index contributed by atoms with van der Waals surface area (Å²) in [5.41, 5.74) is 6.84. The molecule has 0 saturated heterocycles. The van der Waals surface area contributed by atoms with Crippen LogP contribution in [0.4, 0.5) is 0 Å². The van der Waals surface area contributed by atoms with E-state index in [1.54, 1.807) is 7.11 Å². The average Bonchev–Trinajstić information content (AvgIpc) is 2.43. The molecule has 0 aliphatic heterocycles. The number of hydrogen-bond acceptors (Lipinski definition) is 3. The van der Waals surface area contributed by atoms with Crippen LogP contribution in [-0.4, -0.2) is 31.2 Å². The van der Waals surface area contributed by atoms with Crippen LogP contribution >= 0.6 is 0 Å². The third-order valence-electron chi connectivity index (χ3n) is 3.31. The predicted molar refractivity (Wildman–Crippen MR) is 81.5 cm³/mol. The lowest BCUT2D eigenvalue weighted by Crippen LogP contribution is -2.51.